The van der Waals surface area contributed by atoms with Gasteiger partial charge in [0, 0.05) is 6.54 Å². The smallest absolute Gasteiger partial charge is 0.174 e. The van der Waals surface area contributed by atoms with Crippen molar-refractivity contribution in [1.29, 1.82) is 0 Å². The van der Waals surface area contributed by atoms with E-state index in [9.17, 15) is 0 Å². The highest BCUT2D eigenvalue weighted by Crippen LogP contribution is 2.32. The van der Waals surface area contributed by atoms with Crippen LogP contribution in [0.25, 0.3) is 10.7 Å². The Hall–Kier alpha value is -0.910. The van der Waals surface area contributed by atoms with Gasteiger partial charge >= 0.3 is 0 Å². The Morgan fingerprint density at radius 1 is 1.44 bits per heavy atom. The molecule has 0 radical (unpaired) electrons. The van der Waals surface area contributed by atoms with Gasteiger partial charge in [-0.3, -0.25) is 0 Å². The normalized spacial score (nSPS) is 19.8. The molecule has 1 unspecified atom stereocenters. The first-order valence-electron chi connectivity index (χ1n) is 5.20. The first-order valence-corrected chi connectivity index (χ1v) is 6.39. The van der Waals surface area contributed by atoms with E-state index < -0.39 is 0 Å². The molecule has 0 bridgehead atoms. The number of thiophene rings is 1. The second kappa shape index (κ2) is 3.84. The molecule has 0 spiro atoms. The summed E-state index contributed by atoms with van der Waals surface area (Å²) in [5.41, 5.74) is 6.00. The van der Waals surface area contributed by atoms with Gasteiger partial charge in [0.2, 0.25) is 0 Å². The minimum absolute atomic E-state index is 0.0189. The van der Waals surface area contributed by atoms with Gasteiger partial charge in [0.15, 0.2) is 5.82 Å². The largest absolute Gasteiger partial charge is 0.321 e. The quantitative estimate of drug-likeness (QED) is 0.851. The molecule has 16 heavy (non-hydrogen) atoms. The van der Waals surface area contributed by atoms with Crippen molar-refractivity contribution in [3.63, 3.8) is 0 Å². The molecule has 0 amide bonds. The number of nitrogens with two attached hydrogens (primary N) is 1. The SMILES string of the molecule is NC1CCCn2c(-c3ccc(Cl)s3)nnc21. The van der Waals surface area contributed by atoms with E-state index in [1.807, 2.05) is 12.1 Å². The van der Waals surface area contributed by atoms with Crippen LogP contribution in [0, 0.1) is 0 Å². The molecule has 1 aliphatic rings. The van der Waals surface area contributed by atoms with E-state index in [1.165, 1.54) is 11.3 Å². The summed E-state index contributed by atoms with van der Waals surface area (Å²) >= 11 is 7.45. The van der Waals surface area contributed by atoms with E-state index in [2.05, 4.69) is 14.8 Å². The van der Waals surface area contributed by atoms with Gasteiger partial charge in [-0.2, -0.15) is 0 Å². The number of halogens is 1. The summed E-state index contributed by atoms with van der Waals surface area (Å²) in [6.45, 7) is 0.945. The van der Waals surface area contributed by atoms with E-state index in [0.29, 0.717) is 0 Å². The van der Waals surface area contributed by atoms with Crippen molar-refractivity contribution in [2.45, 2.75) is 25.4 Å². The highest BCUT2D eigenvalue weighted by Gasteiger charge is 2.23. The minimum Gasteiger partial charge on any atom is -0.321 e. The first kappa shape index (κ1) is 10.3. The molecule has 0 saturated carbocycles. The van der Waals surface area contributed by atoms with Gasteiger partial charge in [-0.15, -0.1) is 21.5 Å². The molecule has 0 fully saturated rings. The van der Waals surface area contributed by atoms with Crippen molar-refractivity contribution in [2.24, 2.45) is 5.73 Å². The fraction of sp³-hybridized carbons (Fsp3) is 0.400. The molecule has 3 rings (SSSR count). The Morgan fingerprint density at radius 3 is 3.06 bits per heavy atom. The van der Waals surface area contributed by atoms with Crippen molar-refractivity contribution in [1.82, 2.24) is 14.8 Å². The number of fused-ring (bicyclic) bond motifs is 1. The van der Waals surface area contributed by atoms with Crippen LogP contribution in [-0.4, -0.2) is 14.8 Å². The van der Waals surface area contributed by atoms with Gasteiger partial charge in [0.25, 0.3) is 0 Å². The van der Waals surface area contributed by atoms with Crippen LogP contribution in [0.15, 0.2) is 12.1 Å². The van der Waals surface area contributed by atoms with E-state index >= 15 is 0 Å². The van der Waals surface area contributed by atoms with Crippen LogP contribution in [0.4, 0.5) is 0 Å². The van der Waals surface area contributed by atoms with Crippen molar-refractivity contribution < 1.29 is 0 Å². The summed E-state index contributed by atoms with van der Waals surface area (Å²) in [6, 6.07) is 3.88. The summed E-state index contributed by atoms with van der Waals surface area (Å²) in [5.74, 6) is 1.79. The number of nitrogens with zero attached hydrogens (tertiary/aromatic N) is 3. The number of hydrogen-bond donors (Lipinski definition) is 1. The van der Waals surface area contributed by atoms with Crippen LogP contribution in [-0.2, 0) is 6.54 Å². The predicted molar refractivity (Wildman–Crippen MR) is 64.5 cm³/mol. The number of aromatic nitrogens is 3. The Bertz CT molecular complexity index is 519. The van der Waals surface area contributed by atoms with E-state index in [4.69, 9.17) is 17.3 Å². The highest BCUT2D eigenvalue weighted by molar-refractivity contribution is 7.19. The lowest BCUT2D eigenvalue weighted by molar-refractivity contribution is 0.454. The van der Waals surface area contributed by atoms with E-state index in [1.54, 1.807) is 0 Å². The van der Waals surface area contributed by atoms with Crippen LogP contribution >= 0.6 is 22.9 Å². The van der Waals surface area contributed by atoms with Crippen molar-refractivity contribution >= 4 is 22.9 Å². The molecular weight excluding hydrogens is 244 g/mol. The van der Waals surface area contributed by atoms with Crippen LogP contribution < -0.4 is 5.73 Å². The maximum atomic E-state index is 6.00. The Kier molecular flexibility index (Phi) is 2.46. The Balaban J connectivity index is 2.09. The average Bonchev–Trinajstić information content (AvgIpc) is 2.84. The fourth-order valence-corrected chi connectivity index (χ4v) is 3.06. The summed E-state index contributed by atoms with van der Waals surface area (Å²) in [7, 11) is 0. The lowest BCUT2D eigenvalue weighted by Crippen LogP contribution is -2.22. The molecule has 0 aliphatic carbocycles. The Labute approximate surface area is 102 Å². The lowest BCUT2D eigenvalue weighted by atomic mass is 10.1. The third kappa shape index (κ3) is 1.55. The Morgan fingerprint density at radius 2 is 2.31 bits per heavy atom. The summed E-state index contributed by atoms with van der Waals surface area (Å²) in [4.78, 5) is 1.05. The molecule has 4 nitrogen and oxygen atoms in total. The molecular formula is C10H11ClN4S. The molecule has 1 atom stereocenters. The van der Waals surface area contributed by atoms with E-state index in [-0.39, 0.29) is 6.04 Å². The average molecular weight is 255 g/mol. The highest BCUT2D eigenvalue weighted by atomic mass is 35.5. The van der Waals surface area contributed by atoms with Crippen molar-refractivity contribution in [2.75, 3.05) is 0 Å². The standard InChI is InChI=1S/C10H11ClN4S/c11-8-4-3-7(16-8)10-14-13-9-6(12)2-1-5-15(9)10/h3-4,6H,1-2,5,12H2. The maximum absolute atomic E-state index is 6.00. The molecule has 2 aromatic rings. The zero-order chi connectivity index (χ0) is 11.1. The predicted octanol–water partition coefficient (Wildman–Crippen LogP) is 2.45. The maximum Gasteiger partial charge on any atom is 0.174 e. The molecule has 1 aliphatic heterocycles. The summed E-state index contributed by atoms with van der Waals surface area (Å²) < 4.78 is 2.88. The topological polar surface area (TPSA) is 56.7 Å². The van der Waals surface area contributed by atoms with Crippen LogP contribution in [0.2, 0.25) is 4.34 Å². The van der Waals surface area contributed by atoms with Gasteiger partial charge in [0.05, 0.1) is 15.3 Å². The van der Waals surface area contributed by atoms with Crippen LogP contribution in [0.3, 0.4) is 0 Å². The van der Waals surface area contributed by atoms with Crippen molar-refractivity contribution in [3.05, 3.63) is 22.3 Å². The monoisotopic (exact) mass is 254 g/mol. The molecule has 84 valence electrons. The van der Waals surface area contributed by atoms with Gasteiger partial charge in [-0.05, 0) is 25.0 Å². The number of rotatable bonds is 1. The summed E-state index contributed by atoms with van der Waals surface area (Å²) in [5, 5.41) is 8.39. The molecule has 0 saturated heterocycles. The molecule has 6 heteroatoms. The second-order valence-electron chi connectivity index (χ2n) is 3.89. The van der Waals surface area contributed by atoms with Gasteiger partial charge < -0.3 is 10.3 Å². The lowest BCUT2D eigenvalue weighted by Gasteiger charge is -2.19. The fourth-order valence-electron chi connectivity index (χ4n) is 2.03. The molecule has 2 aromatic heterocycles. The number of hydrogen-bond acceptors (Lipinski definition) is 4. The zero-order valence-electron chi connectivity index (χ0n) is 8.56. The van der Waals surface area contributed by atoms with Crippen molar-refractivity contribution in [3.8, 4) is 10.7 Å². The zero-order valence-corrected chi connectivity index (χ0v) is 10.1. The second-order valence-corrected chi connectivity index (χ2v) is 5.60. The molecule has 0 aromatic carbocycles. The van der Waals surface area contributed by atoms with Crippen LogP contribution in [0.5, 0.6) is 0 Å². The summed E-state index contributed by atoms with van der Waals surface area (Å²) in [6.07, 6.45) is 2.07. The third-order valence-corrected chi connectivity index (χ3v) is 4.03. The molecule has 3 heterocycles. The first-order chi connectivity index (χ1) is 7.75. The van der Waals surface area contributed by atoms with Gasteiger partial charge in [-0.25, -0.2) is 0 Å². The van der Waals surface area contributed by atoms with Gasteiger partial charge in [-0.1, -0.05) is 11.6 Å². The minimum atomic E-state index is 0.0189. The van der Waals surface area contributed by atoms with Gasteiger partial charge in [0.1, 0.15) is 5.82 Å². The third-order valence-electron chi connectivity index (χ3n) is 2.80. The van der Waals surface area contributed by atoms with Crippen LogP contribution in [0.1, 0.15) is 24.7 Å². The van der Waals surface area contributed by atoms with E-state index in [0.717, 1.165) is 40.2 Å². The molecule has 2 N–H and O–H groups in total.